The highest BCUT2D eigenvalue weighted by molar-refractivity contribution is 6.04. The zero-order chi connectivity index (χ0) is 22.1. The summed E-state index contributed by atoms with van der Waals surface area (Å²) in [5.41, 5.74) is 7.51. The Hall–Kier alpha value is -3.99. The molecule has 0 atom stereocenters. The monoisotopic (exact) mass is 421 g/mol. The summed E-state index contributed by atoms with van der Waals surface area (Å²) in [6.45, 7) is 2.65. The first-order valence-electron chi connectivity index (χ1n) is 10.7. The molecular formula is C27H23N3O2. The van der Waals surface area contributed by atoms with Gasteiger partial charge in [0.25, 0.3) is 5.91 Å². The van der Waals surface area contributed by atoms with Gasteiger partial charge in [0.05, 0.1) is 18.3 Å². The second-order valence-corrected chi connectivity index (χ2v) is 8.26. The van der Waals surface area contributed by atoms with Gasteiger partial charge in [-0.05, 0) is 41.7 Å². The molecule has 0 saturated heterocycles. The van der Waals surface area contributed by atoms with Crippen molar-refractivity contribution in [2.45, 2.75) is 26.3 Å². The van der Waals surface area contributed by atoms with Crippen LogP contribution in [0.15, 0.2) is 89.9 Å². The molecule has 3 aromatic rings. The number of nitrogens with zero attached hydrogens (tertiary/aromatic N) is 2. The Morgan fingerprint density at radius 3 is 2.72 bits per heavy atom. The van der Waals surface area contributed by atoms with Crippen molar-refractivity contribution in [3.8, 4) is 0 Å². The van der Waals surface area contributed by atoms with Crippen molar-refractivity contribution >= 4 is 17.8 Å². The zero-order valence-corrected chi connectivity index (χ0v) is 17.8. The molecule has 0 radical (unpaired) electrons. The minimum atomic E-state index is -0.236. The van der Waals surface area contributed by atoms with Crippen LogP contribution in [0.1, 0.15) is 39.0 Å². The molecule has 32 heavy (non-hydrogen) atoms. The number of aryl methyl sites for hydroxylation is 1. The molecule has 0 unspecified atom stereocenters. The first-order valence-corrected chi connectivity index (χ1v) is 10.7. The lowest BCUT2D eigenvalue weighted by atomic mass is 9.93. The molecule has 2 aromatic carbocycles. The van der Waals surface area contributed by atoms with Gasteiger partial charge in [0, 0.05) is 23.9 Å². The SMILES string of the molecule is Cc1ccc(Cn2cc(C(=O)NC3=CCC(=O)C(C4=Cc5ccccc5C4)=C3)cn2)cc1. The van der Waals surface area contributed by atoms with Crippen LogP contribution >= 0.6 is 0 Å². The van der Waals surface area contributed by atoms with E-state index in [2.05, 4.69) is 59.8 Å². The predicted octanol–water partition coefficient (Wildman–Crippen LogP) is 4.39. The van der Waals surface area contributed by atoms with Crippen LogP contribution in [0, 0.1) is 6.92 Å². The zero-order valence-electron chi connectivity index (χ0n) is 17.8. The van der Waals surface area contributed by atoms with Crippen LogP contribution < -0.4 is 5.32 Å². The van der Waals surface area contributed by atoms with Gasteiger partial charge in [0.15, 0.2) is 5.78 Å². The molecule has 2 aliphatic rings. The third-order valence-corrected chi connectivity index (χ3v) is 5.84. The Morgan fingerprint density at radius 1 is 1.09 bits per heavy atom. The van der Waals surface area contributed by atoms with Gasteiger partial charge in [-0.25, -0.2) is 0 Å². The van der Waals surface area contributed by atoms with E-state index in [0.717, 1.165) is 23.1 Å². The maximum atomic E-state index is 12.8. The minimum absolute atomic E-state index is 0.0768. The lowest BCUT2D eigenvalue weighted by molar-refractivity contribution is -0.114. The number of hydrogen-bond donors (Lipinski definition) is 1. The van der Waals surface area contributed by atoms with Crippen molar-refractivity contribution in [1.29, 1.82) is 0 Å². The average Bonchev–Trinajstić information content (AvgIpc) is 3.44. The Balaban J connectivity index is 1.28. The second-order valence-electron chi connectivity index (χ2n) is 8.26. The summed E-state index contributed by atoms with van der Waals surface area (Å²) < 4.78 is 1.75. The third kappa shape index (κ3) is 4.10. The second kappa shape index (κ2) is 8.27. The van der Waals surface area contributed by atoms with Gasteiger partial charge in [-0.3, -0.25) is 14.3 Å². The third-order valence-electron chi connectivity index (χ3n) is 5.84. The molecule has 0 aliphatic heterocycles. The number of amides is 1. The predicted molar refractivity (Wildman–Crippen MR) is 124 cm³/mol. The molecule has 0 saturated carbocycles. The number of benzene rings is 2. The fraction of sp³-hybridized carbons (Fsp3) is 0.148. The van der Waals surface area contributed by atoms with Crippen LogP contribution in [0.2, 0.25) is 0 Å². The number of allylic oxidation sites excluding steroid dienone is 4. The van der Waals surface area contributed by atoms with E-state index in [1.807, 2.05) is 12.1 Å². The average molecular weight is 422 g/mol. The lowest BCUT2D eigenvalue weighted by Gasteiger charge is -2.14. The Kier molecular flexibility index (Phi) is 5.15. The van der Waals surface area contributed by atoms with Gasteiger partial charge < -0.3 is 5.32 Å². The number of carbonyl (C=O) groups excluding carboxylic acids is 2. The first-order chi connectivity index (χ1) is 15.5. The lowest BCUT2D eigenvalue weighted by Crippen LogP contribution is -2.24. The van der Waals surface area contributed by atoms with E-state index in [1.54, 1.807) is 29.2 Å². The van der Waals surface area contributed by atoms with E-state index in [4.69, 9.17) is 0 Å². The van der Waals surface area contributed by atoms with Gasteiger partial charge in [-0.1, -0.05) is 66.2 Å². The van der Waals surface area contributed by atoms with E-state index >= 15 is 0 Å². The summed E-state index contributed by atoms with van der Waals surface area (Å²) >= 11 is 0. The number of nitrogens with one attached hydrogen (secondary N) is 1. The highest BCUT2D eigenvalue weighted by atomic mass is 16.1. The van der Waals surface area contributed by atoms with Crippen LogP contribution in [0.3, 0.4) is 0 Å². The summed E-state index contributed by atoms with van der Waals surface area (Å²) in [7, 11) is 0. The van der Waals surface area contributed by atoms with Crippen molar-refractivity contribution in [1.82, 2.24) is 15.1 Å². The highest BCUT2D eigenvalue weighted by Gasteiger charge is 2.23. The molecule has 158 valence electrons. The van der Waals surface area contributed by atoms with Crippen LogP contribution in [-0.2, 0) is 17.8 Å². The van der Waals surface area contributed by atoms with E-state index in [9.17, 15) is 9.59 Å². The van der Waals surface area contributed by atoms with E-state index in [0.29, 0.717) is 23.4 Å². The van der Waals surface area contributed by atoms with Crippen molar-refractivity contribution in [3.05, 3.63) is 118 Å². The molecule has 1 amide bonds. The summed E-state index contributed by atoms with van der Waals surface area (Å²) in [6.07, 6.45) is 9.95. The number of hydrogen-bond acceptors (Lipinski definition) is 3. The highest BCUT2D eigenvalue weighted by Crippen LogP contribution is 2.32. The largest absolute Gasteiger partial charge is 0.322 e. The van der Waals surface area contributed by atoms with Crippen molar-refractivity contribution in [2.75, 3.05) is 0 Å². The molecule has 1 N–H and O–H groups in total. The van der Waals surface area contributed by atoms with E-state index in [1.165, 1.54) is 11.1 Å². The number of rotatable bonds is 5. The number of Topliss-reactive ketones (excluding diaryl/α,β-unsaturated/α-hetero) is 1. The maximum Gasteiger partial charge on any atom is 0.258 e. The van der Waals surface area contributed by atoms with Gasteiger partial charge in [-0.2, -0.15) is 5.10 Å². The van der Waals surface area contributed by atoms with Gasteiger partial charge in [-0.15, -0.1) is 0 Å². The van der Waals surface area contributed by atoms with Gasteiger partial charge in [0.1, 0.15) is 0 Å². The number of aromatic nitrogens is 2. The van der Waals surface area contributed by atoms with Crippen LogP contribution in [-0.4, -0.2) is 21.5 Å². The Labute approximate surface area is 186 Å². The smallest absolute Gasteiger partial charge is 0.258 e. The normalized spacial score (nSPS) is 15.0. The van der Waals surface area contributed by atoms with Gasteiger partial charge in [0.2, 0.25) is 0 Å². The topological polar surface area (TPSA) is 64.0 Å². The fourth-order valence-corrected chi connectivity index (χ4v) is 4.07. The van der Waals surface area contributed by atoms with E-state index < -0.39 is 0 Å². The number of fused-ring (bicyclic) bond motifs is 1. The molecule has 5 heteroatoms. The molecule has 1 heterocycles. The van der Waals surface area contributed by atoms with Crippen molar-refractivity contribution < 1.29 is 9.59 Å². The van der Waals surface area contributed by atoms with Gasteiger partial charge >= 0.3 is 0 Å². The summed E-state index contributed by atoms with van der Waals surface area (Å²) in [6, 6.07) is 16.4. The van der Waals surface area contributed by atoms with Crippen LogP contribution in [0.5, 0.6) is 0 Å². The molecule has 0 fully saturated rings. The molecule has 2 aliphatic carbocycles. The molecule has 5 rings (SSSR count). The number of carbonyl (C=O) groups is 2. The van der Waals surface area contributed by atoms with Crippen LogP contribution in [0.4, 0.5) is 0 Å². The molecular weight excluding hydrogens is 398 g/mol. The molecule has 1 aromatic heterocycles. The molecule has 5 nitrogen and oxygen atoms in total. The summed E-state index contributed by atoms with van der Waals surface area (Å²) in [5.74, 6) is -0.159. The molecule has 0 spiro atoms. The van der Waals surface area contributed by atoms with Crippen LogP contribution in [0.25, 0.3) is 6.08 Å². The first kappa shape index (κ1) is 19.9. The maximum absolute atomic E-state index is 12.8. The quantitative estimate of drug-likeness (QED) is 0.664. The van der Waals surface area contributed by atoms with Crippen molar-refractivity contribution in [3.63, 3.8) is 0 Å². The summed E-state index contributed by atoms with van der Waals surface area (Å²) in [4.78, 5) is 25.3. The Bertz CT molecular complexity index is 1310. The fourth-order valence-electron chi connectivity index (χ4n) is 4.07. The summed E-state index contributed by atoms with van der Waals surface area (Å²) in [5, 5.41) is 7.25. The van der Waals surface area contributed by atoms with E-state index in [-0.39, 0.29) is 18.1 Å². The standard InChI is InChI=1S/C27H23N3O2/c1-18-6-8-19(9-7-18)16-30-17-23(15-28-30)27(32)29-24-10-11-26(31)25(14-24)22-12-20-4-2-3-5-21(20)13-22/h2-10,12,14-15,17H,11,13,16H2,1H3,(H,29,32). The number of ketones is 1. The Morgan fingerprint density at radius 2 is 1.91 bits per heavy atom. The van der Waals surface area contributed by atoms with Crippen molar-refractivity contribution in [2.24, 2.45) is 0 Å². The molecule has 0 bridgehead atoms. The minimum Gasteiger partial charge on any atom is -0.322 e.